The average Bonchev–Trinajstić information content (AvgIpc) is 2.16. The lowest BCUT2D eigenvalue weighted by Gasteiger charge is -2.48. The van der Waals surface area contributed by atoms with E-state index in [4.69, 9.17) is 0 Å². The van der Waals surface area contributed by atoms with Gasteiger partial charge >= 0.3 is 0 Å². The molecule has 0 unspecified atom stereocenters. The molecule has 0 aliphatic heterocycles. The van der Waals surface area contributed by atoms with Gasteiger partial charge in [-0.05, 0) is 43.9 Å². The molecule has 4 rings (SSSR count). The zero-order valence-corrected chi connectivity index (χ0v) is 8.17. The molecule has 0 radical (unpaired) electrons. The zero-order chi connectivity index (χ0) is 9.42. The molecule has 0 aromatic carbocycles. The lowest BCUT2D eigenvalue weighted by molar-refractivity contribution is -0.139. The predicted molar refractivity (Wildman–Crippen MR) is 53.3 cm³/mol. The number of Topliss-reactive ketones (excluding diaryl/α,β-unsaturated/α-hetero) is 1. The van der Waals surface area contributed by atoms with Crippen LogP contribution in [0.1, 0.15) is 32.1 Å². The van der Waals surface area contributed by atoms with Crippen molar-refractivity contribution in [3.8, 4) is 0 Å². The Balaban J connectivity index is 0.000000308. The van der Waals surface area contributed by atoms with Gasteiger partial charge in [-0.15, -0.1) is 13.2 Å². The third kappa shape index (κ3) is 1.34. The molecule has 4 aliphatic rings. The summed E-state index contributed by atoms with van der Waals surface area (Å²) in [5, 5.41) is 0. The smallest absolute Gasteiger partial charge is 0.139 e. The van der Waals surface area contributed by atoms with Gasteiger partial charge in [-0.1, -0.05) is 0 Å². The van der Waals surface area contributed by atoms with Crippen LogP contribution in [0, 0.1) is 23.7 Å². The van der Waals surface area contributed by atoms with Crippen molar-refractivity contribution in [3.05, 3.63) is 13.2 Å². The minimum absolute atomic E-state index is 0.506. The number of carbonyl (C=O) groups excluding carboxylic acids is 1. The van der Waals surface area contributed by atoms with Gasteiger partial charge in [-0.25, -0.2) is 0 Å². The monoisotopic (exact) mass is 178 g/mol. The van der Waals surface area contributed by atoms with Crippen LogP contribution in [0.15, 0.2) is 13.2 Å². The quantitative estimate of drug-likeness (QED) is 0.521. The Morgan fingerprint density at radius 2 is 1.23 bits per heavy atom. The summed E-state index contributed by atoms with van der Waals surface area (Å²) in [4.78, 5) is 11.6. The highest BCUT2D eigenvalue weighted by atomic mass is 16.1. The molecule has 1 nitrogen and oxygen atoms in total. The Morgan fingerprint density at radius 1 is 0.846 bits per heavy atom. The molecule has 0 heterocycles. The Bertz CT molecular complexity index is 189. The third-order valence-corrected chi connectivity index (χ3v) is 3.94. The molecule has 4 fully saturated rings. The molecule has 72 valence electrons. The highest BCUT2D eigenvalue weighted by Crippen LogP contribution is 2.51. The Labute approximate surface area is 80.2 Å². The zero-order valence-electron chi connectivity index (χ0n) is 8.17. The molecule has 0 aromatic rings. The summed E-state index contributed by atoms with van der Waals surface area (Å²) in [6.07, 6.45) is 6.41. The lowest BCUT2D eigenvalue weighted by Crippen LogP contribution is -2.45. The first-order valence-electron chi connectivity index (χ1n) is 5.36. The number of carbonyl (C=O) groups is 1. The number of rotatable bonds is 0. The van der Waals surface area contributed by atoms with Crippen LogP contribution in [0.2, 0.25) is 0 Å². The van der Waals surface area contributed by atoms with E-state index in [2.05, 4.69) is 13.2 Å². The van der Waals surface area contributed by atoms with E-state index in [9.17, 15) is 4.79 Å². The highest BCUT2D eigenvalue weighted by molar-refractivity contribution is 5.85. The summed E-state index contributed by atoms with van der Waals surface area (Å²) in [6, 6.07) is 0. The number of hydrogen-bond acceptors (Lipinski definition) is 1. The van der Waals surface area contributed by atoms with Crippen molar-refractivity contribution in [2.45, 2.75) is 32.1 Å². The summed E-state index contributed by atoms with van der Waals surface area (Å²) in [5.41, 5.74) is 0. The summed E-state index contributed by atoms with van der Waals surface area (Å²) >= 11 is 0. The fourth-order valence-corrected chi connectivity index (χ4v) is 3.65. The van der Waals surface area contributed by atoms with Gasteiger partial charge in [0, 0.05) is 11.8 Å². The molecule has 4 bridgehead atoms. The van der Waals surface area contributed by atoms with E-state index >= 15 is 0 Å². The Hall–Kier alpha value is -0.590. The van der Waals surface area contributed by atoms with Gasteiger partial charge in [-0.2, -0.15) is 0 Å². The molecule has 0 N–H and O–H groups in total. The molecule has 0 spiro atoms. The van der Waals surface area contributed by atoms with Gasteiger partial charge in [0.15, 0.2) is 0 Å². The summed E-state index contributed by atoms with van der Waals surface area (Å²) in [5.74, 6) is 3.51. The van der Waals surface area contributed by atoms with Gasteiger partial charge in [0.25, 0.3) is 0 Å². The van der Waals surface area contributed by atoms with Gasteiger partial charge in [0.1, 0.15) is 5.78 Å². The van der Waals surface area contributed by atoms with Crippen molar-refractivity contribution >= 4 is 5.78 Å². The largest absolute Gasteiger partial charge is 0.299 e. The second kappa shape index (κ2) is 3.28. The second-order valence-corrected chi connectivity index (χ2v) is 4.71. The first-order chi connectivity index (χ1) is 6.33. The second-order valence-electron chi connectivity index (χ2n) is 4.71. The fraction of sp³-hybridized carbons (Fsp3) is 0.750. The van der Waals surface area contributed by atoms with Crippen LogP contribution in [0.25, 0.3) is 0 Å². The van der Waals surface area contributed by atoms with Crippen molar-refractivity contribution in [1.29, 1.82) is 0 Å². The van der Waals surface area contributed by atoms with E-state index in [0.717, 1.165) is 11.8 Å². The highest BCUT2D eigenvalue weighted by Gasteiger charge is 2.47. The van der Waals surface area contributed by atoms with Crippen LogP contribution >= 0.6 is 0 Å². The van der Waals surface area contributed by atoms with Crippen molar-refractivity contribution in [1.82, 2.24) is 0 Å². The van der Waals surface area contributed by atoms with Gasteiger partial charge in [0.05, 0.1) is 0 Å². The lowest BCUT2D eigenvalue weighted by atomic mass is 9.56. The summed E-state index contributed by atoms with van der Waals surface area (Å²) < 4.78 is 0. The Morgan fingerprint density at radius 3 is 1.62 bits per heavy atom. The van der Waals surface area contributed by atoms with E-state index in [0.29, 0.717) is 17.6 Å². The van der Waals surface area contributed by atoms with Crippen molar-refractivity contribution < 1.29 is 4.79 Å². The molecule has 0 saturated heterocycles. The normalized spacial score (nSPS) is 45.7. The molecular weight excluding hydrogens is 160 g/mol. The topological polar surface area (TPSA) is 17.1 Å². The van der Waals surface area contributed by atoms with Crippen molar-refractivity contribution in [2.24, 2.45) is 23.7 Å². The van der Waals surface area contributed by atoms with Crippen LogP contribution in [0.5, 0.6) is 0 Å². The van der Waals surface area contributed by atoms with Crippen LogP contribution in [-0.4, -0.2) is 5.78 Å². The van der Waals surface area contributed by atoms with E-state index in [1.165, 1.54) is 32.1 Å². The number of hydrogen-bond donors (Lipinski definition) is 0. The molecule has 0 aromatic heterocycles. The van der Waals surface area contributed by atoms with Crippen molar-refractivity contribution in [3.63, 3.8) is 0 Å². The molecule has 4 saturated carbocycles. The van der Waals surface area contributed by atoms with Gasteiger partial charge in [0.2, 0.25) is 0 Å². The van der Waals surface area contributed by atoms with Crippen LogP contribution in [-0.2, 0) is 4.79 Å². The molecule has 0 atom stereocenters. The fourth-order valence-electron chi connectivity index (χ4n) is 3.65. The van der Waals surface area contributed by atoms with E-state index in [-0.39, 0.29) is 0 Å². The summed E-state index contributed by atoms with van der Waals surface area (Å²) in [6.45, 7) is 6.00. The van der Waals surface area contributed by atoms with Gasteiger partial charge in [-0.3, -0.25) is 4.79 Å². The maximum Gasteiger partial charge on any atom is 0.139 e. The van der Waals surface area contributed by atoms with Crippen LogP contribution in [0.4, 0.5) is 0 Å². The minimum atomic E-state index is 0.506. The maximum absolute atomic E-state index is 11.6. The molecule has 13 heavy (non-hydrogen) atoms. The van der Waals surface area contributed by atoms with Crippen molar-refractivity contribution in [2.75, 3.05) is 0 Å². The Kier molecular flexibility index (Phi) is 2.27. The minimum Gasteiger partial charge on any atom is -0.299 e. The molecular formula is C12H18O. The third-order valence-electron chi connectivity index (χ3n) is 3.94. The maximum atomic E-state index is 11.6. The van der Waals surface area contributed by atoms with Gasteiger partial charge < -0.3 is 0 Å². The SMILES string of the molecule is C=C.O=C1C2CC3CC(C2)CC1C3. The number of ketones is 1. The average molecular weight is 178 g/mol. The van der Waals surface area contributed by atoms with Crippen LogP contribution < -0.4 is 0 Å². The standard InChI is InChI=1S/C10H14O.C2H4/c11-10-8-2-6-1-7(4-8)5-9(10)3-6;1-2/h6-9H,1-5H2;1-2H2. The predicted octanol–water partition coefficient (Wildman–Crippen LogP) is 2.81. The van der Waals surface area contributed by atoms with E-state index in [1.807, 2.05) is 0 Å². The van der Waals surface area contributed by atoms with E-state index < -0.39 is 0 Å². The van der Waals surface area contributed by atoms with E-state index in [1.54, 1.807) is 0 Å². The molecule has 1 heteroatoms. The molecule has 4 aliphatic carbocycles. The first kappa shape index (κ1) is 8.98. The summed E-state index contributed by atoms with van der Waals surface area (Å²) in [7, 11) is 0. The van der Waals surface area contributed by atoms with Crippen LogP contribution in [0.3, 0.4) is 0 Å². The first-order valence-corrected chi connectivity index (χ1v) is 5.36. The molecule has 0 amide bonds.